The van der Waals surface area contributed by atoms with Gasteiger partial charge < -0.3 is 0 Å². The number of hydrogen-bond acceptors (Lipinski definition) is 0. The second-order valence-electron chi connectivity index (χ2n) is 9.81. The van der Waals surface area contributed by atoms with Gasteiger partial charge in [-0.1, -0.05) is 98.2 Å². The topological polar surface area (TPSA) is 0 Å². The van der Waals surface area contributed by atoms with Crippen LogP contribution in [0, 0.1) is 18.8 Å². The Kier molecular flexibility index (Phi) is 7.26. The average molecular weight is 399 g/mol. The summed E-state index contributed by atoms with van der Waals surface area (Å²) in [6, 6.07) is 18.5. The zero-order chi connectivity index (χ0) is 20.8. The molecule has 2 atom stereocenters. The van der Waals surface area contributed by atoms with Crippen molar-refractivity contribution in [3.05, 3.63) is 95.1 Å². The molecule has 2 aromatic carbocycles. The maximum atomic E-state index is 2.50. The standard InChI is InChI=1S/C30H38/c1-23-7-11-25(12-8-23)5-3-4-6-26-13-17-28(18-14-26)30-21-19-29(20-22-30)27-15-9-24(2)10-16-27/h3,5,9-10,13-19,21,23,25,29-30H,4,6-8,11-12,20,22H2,1-2H3/b5-3+. The van der Waals surface area contributed by atoms with Crippen LogP contribution >= 0.6 is 0 Å². The van der Waals surface area contributed by atoms with Crippen LogP contribution in [0.3, 0.4) is 0 Å². The lowest BCUT2D eigenvalue weighted by atomic mass is 9.81. The van der Waals surface area contributed by atoms with E-state index in [0.29, 0.717) is 11.8 Å². The highest BCUT2D eigenvalue weighted by Gasteiger charge is 2.18. The number of aryl methyl sites for hydroxylation is 2. The molecule has 0 aliphatic heterocycles. The second-order valence-corrected chi connectivity index (χ2v) is 9.81. The minimum absolute atomic E-state index is 0.578. The number of allylic oxidation sites excluding steroid dienone is 4. The van der Waals surface area contributed by atoms with E-state index in [4.69, 9.17) is 0 Å². The lowest BCUT2D eigenvalue weighted by Crippen LogP contribution is -2.09. The van der Waals surface area contributed by atoms with Gasteiger partial charge in [0.15, 0.2) is 0 Å². The molecular weight excluding hydrogens is 360 g/mol. The first-order valence-corrected chi connectivity index (χ1v) is 12.2. The van der Waals surface area contributed by atoms with Crippen LogP contribution < -0.4 is 0 Å². The largest absolute Gasteiger partial charge is 0.0879 e. The summed E-state index contributed by atoms with van der Waals surface area (Å²) in [5.74, 6) is 2.95. The van der Waals surface area contributed by atoms with Gasteiger partial charge in [-0.05, 0) is 74.0 Å². The third kappa shape index (κ3) is 5.75. The maximum Gasteiger partial charge on any atom is 0.00185 e. The highest BCUT2D eigenvalue weighted by molar-refractivity contribution is 5.33. The first-order valence-electron chi connectivity index (χ1n) is 12.2. The summed E-state index contributed by atoms with van der Waals surface area (Å²) >= 11 is 0. The number of hydrogen-bond donors (Lipinski definition) is 0. The van der Waals surface area contributed by atoms with Crippen molar-refractivity contribution in [2.45, 2.75) is 77.0 Å². The normalized spacial score (nSPS) is 26.9. The Hall–Kier alpha value is -2.08. The zero-order valence-electron chi connectivity index (χ0n) is 18.9. The molecule has 0 nitrogen and oxygen atoms in total. The Bertz CT molecular complexity index is 829. The smallest absolute Gasteiger partial charge is 0.00185 e. The molecule has 1 saturated carbocycles. The van der Waals surface area contributed by atoms with Gasteiger partial charge in [-0.3, -0.25) is 0 Å². The molecule has 0 amide bonds. The Balaban J connectivity index is 1.25. The van der Waals surface area contributed by atoms with Crippen LogP contribution in [-0.2, 0) is 6.42 Å². The molecule has 0 saturated heterocycles. The average Bonchev–Trinajstić information content (AvgIpc) is 2.79. The highest BCUT2D eigenvalue weighted by Crippen LogP contribution is 2.35. The predicted molar refractivity (Wildman–Crippen MR) is 130 cm³/mol. The lowest BCUT2D eigenvalue weighted by molar-refractivity contribution is 0.330. The summed E-state index contributed by atoms with van der Waals surface area (Å²) < 4.78 is 0. The van der Waals surface area contributed by atoms with E-state index >= 15 is 0 Å². The maximum absolute atomic E-state index is 2.50. The second kappa shape index (κ2) is 10.3. The summed E-state index contributed by atoms with van der Waals surface area (Å²) in [7, 11) is 0. The van der Waals surface area contributed by atoms with Crippen LogP contribution in [0.5, 0.6) is 0 Å². The van der Waals surface area contributed by atoms with Crippen molar-refractivity contribution in [1.82, 2.24) is 0 Å². The van der Waals surface area contributed by atoms with Crippen molar-refractivity contribution in [2.24, 2.45) is 11.8 Å². The van der Waals surface area contributed by atoms with Gasteiger partial charge in [-0.2, -0.15) is 0 Å². The Labute approximate surface area is 184 Å². The van der Waals surface area contributed by atoms with E-state index < -0.39 is 0 Å². The molecule has 0 bridgehead atoms. The van der Waals surface area contributed by atoms with Crippen molar-refractivity contribution in [2.75, 3.05) is 0 Å². The Morgan fingerprint density at radius 1 is 0.733 bits per heavy atom. The lowest BCUT2D eigenvalue weighted by Gasteiger charge is -2.24. The first-order chi connectivity index (χ1) is 14.7. The van der Waals surface area contributed by atoms with Crippen LogP contribution in [-0.4, -0.2) is 0 Å². The fourth-order valence-electron chi connectivity index (χ4n) is 5.14. The van der Waals surface area contributed by atoms with Crippen molar-refractivity contribution in [3.63, 3.8) is 0 Å². The molecule has 1 fully saturated rings. The molecule has 0 aromatic heterocycles. The van der Waals surface area contributed by atoms with Crippen LogP contribution in [0.1, 0.15) is 86.0 Å². The van der Waals surface area contributed by atoms with Crippen molar-refractivity contribution in [1.29, 1.82) is 0 Å². The van der Waals surface area contributed by atoms with E-state index in [9.17, 15) is 0 Å². The van der Waals surface area contributed by atoms with Gasteiger partial charge in [-0.25, -0.2) is 0 Å². The van der Waals surface area contributed by atoms with Crippen LogP contribution in [0.25, 0.3) is 0 Å². The Morgan fingerprint density at radius 3 is 1.87 bits per heavy atom. The molecule has 4 rings (SSSR count). The summed E-state index contributed by atoms with van der Waals surface area (Å²) in [5, 5.41) is 0. The molecule has 0 heterocycles. The van der Waals surface area contributed by atoms with E-state index in [1.54, 1.807) is 0 Å². The molecular formula is C30H38. The third-order valence-electron chi connectivity index (χ3n) is 7.35. The van der Waals surface area contributed by atoms with Gasteiger partial charge in [0, 0.05) is 11.8 Å². The summed E-state index contributed by atoms with van der Waals surface area (Å²) in [5.41, 5.74) is 5.75. The number of benzene rings is 2. The molecule has 2 aliphatic carbocycles. The monoisotopic (exact) mass is 398 g/mol. The SMILES string of the molecule is Cc1ccc(C2C=CC(c3ccc(CC/C=C/C4CCC(C)CC4)cc3)CC2)cc1. The molecule has 158 valence electrons. The highest BCUT2D eigenvalue weighted by atomic mass is 14.2. The summed E-state index contributed by atoms with van der Waals surface area (Å²) in [6.07, 6.45) is 20.3. The molecule has 2 aliphatic rings. The molecule has 30 heavy (non-hydrogen) atoms. The van der Waals surface area contributed by atoms with Gasteiger partial charge in [-0.15, -0.1) is 0 Å². The fraction of sp³-hybridized carbons (Fsp3) is 0.467. The number of rotatable bonds is 6. The minimum atomic E-state index is 0.578. The molecule has 0 heteroatoms. The van der Waals surface area contributed by atoms with Crippen molar-refractivity contribution < 1.29 is 0 Å². The Morgan fingerprint density at radius 2 is 1.30 bits per heavy atom. The van der Waals surface area contributed by atoms with Gasteiger partial charge in [0.2, 0.25) is 0 Å². The minimum Gasteiger partial charge on any atom is -0.0879 e. The van der Waals surface area contributed by atoms with E-state index in [1.165, 1.54) is 67.2 Å². The molecule has 0 N–H and O–H groups in total. The van der Waals surface area contributed by atoms with E-state index in [1.807, 2.05) is 0 Å². The summed E-state index contributed by atoms with van der Waals surface area (Å²) in [6.45, 7) is 4.56. The van der Waals surface area contributed by atoms with Gasteiger partial charge >= 0.3 is 0 Å². The molecule has 2 aromatic rings. The van der Waals surface area contributed by atoms with Crippen LogP contribution in [0.2, 0.25) is 0 Å². The third-order valence-corrected chi connectivity index (χ3v) is 7.35. The molecule has 0 spiro atoms. The van der Waals surface area contributed by atoms with Gasteiger partial charge in [0.05, 0.1) is 0 Å². The zero-order valence-corrected chi connectivity index (χ0v) is 18.9. The van der Waals surface area contributed by atoms with E-state index in [-0.39, 0.29) is 0 Å². The molecule has 2 unspecified atom stereocenters. The van der Waals surface area contributed by atoms with E-state index in [2.05, 4.69) is 86.7 Å². The van der Waals surface area contributed by atoms with Gasteiger partial charge in [0.25, 0.3) is 0 Å². The van der Waals surface area contributed by atoms with Crippen molar-refractivity contribution >= 4 is 0 Å². The van der Waals surface area contributed by atoms with E-state index in [0.717, 1.165) is 18.3 Å². The summed E-state index contributed by atoms with van der Waals surface area (Å²) in [4.78, 5) is 0. The van der Waals surface area contributed by atoms with Gasteiger partial charge in [0.1, 0.15) is 0 Å². The molecule has 0 radical (unpaired) electrons. The fourth-order valence-corrected chi connectivity index (χ4v) is 5.14. The quantitative estimate of drug-likeness (QED) is 0.428. The van der Waals surface area contributed by atoms with Crippen LogP contribution in [0.15, 0.2) is 72.8 Å². The van der Waals surface area contributed by atoms with Crippen molar-refractivity contribution in [3.8, 4) is 0 Å². The predicted octanol–water partition coefficient (Wildman–Crippen LogP) is 8.53. The first kappa shape index (κ1) is 21.2. The van der Waals surface area contributed by atoms with Crippen LogP contribution in [0.4, 0.5) is 0 Å².